The van der Waals surface area contributed by atoms with Gasteiger partial charge in [-0.15, -0.1) is 0 Å². The van der Waals surface area contributed by atoms with Crippen LogP contribution in [0.5, 0.6) is 0 Å². The molecule has 1 saturated heterocycles. The summed E-state index contributed by atoms with van der Waals surface area (Å²) in [6.45, 7) is 9.35. The summed E-state index contributed by atoms with van der Waals surface area (Å²) in [7, 11) is 4.10. The molecule has 8 heteroatoms. The van der Waals surface area contributed by atoms with Crippen molar-refractivity contribution in [2.45, 2.75) is 65.5 Å². The number of aliphatic carboxylic acids is 1. The van der Waals surface area contributed by atoms with Crippen LogP contribution < -0.4 is 5.32 Å². The smallest absolute Gasteiger partial charge is 0.305 e. The molecule has 2 aromatic rings. The van der Waals surface area contributed by atoms with Crippen molar-refractivity contribution in [3.63, 3.8) is 0 Å². The minimum absolute atomic E-state index is 0.0622. The fraction of sp³-hybridized carbons (Fsp3) is 0.517. The van der Waals surface area contributed by atoms with Crippen LogP contribution in [0.25, 0.3) is 11.1 Å². The predicted octanol–water partition coefficient (Wildman–Crippen LogP) is 4.71. The van der Waals surface area contributed by atoms with Gasteiger partial charge in [-0.05, 0) is 69.5 Å². The SMILES string of the molecule is CC(C)CC(C(=O)NCCC(=O)O)N1CCC(N(C)C)CC1=S.Cc1cccc(C)c1-c1cccnc1. The molecule has 1 aliphatic heterocycles. The molecule has 0 radical (unpaired) electrons. The van der Waals surface area contributed by atoms with Crippen LogP contribution in [0.3, 0.4) is 0 Å². The van der Waals surface area contributed by atoms with Crippen LogP contribution in [0.15, 0.2) is 42.7 Å². The van der Waals surface area contributed by atoms with Gasteiger partial charge in [0.25, 0.3) is 0 Å². The van der Waals surface area contributed by atoms with Crippen LogP contribution in [-0.2, 0) is 9.59 Å². The predicted molar refractivity (Wildman–Crippen MR) is 154 cm³/mol. The summed E-state index contributed by atoms with van der Waals surface area (Å²) in [5, 5.41) is 11.4. The van der Waals surface area contributed by atoms with E-state index >= 15 is 0 Å². The summed E-state index contributed by atoms with van der Waals surface area (Å²) in [6, 6.07) is 10.5. The third-order valence-corrected chi connectivity index (χ3v) is 7.01. The molecule has 37 heavy (non-hydrogen) atoms. The van der Waals surface area contributed by atoms with Gasteiger partial charge in [0.05, 0.1) is 11.4 Å². The number of aromatic nitrogens is 1. The summed E-state index contributed by atoms with van der Waals surface area (Å²) >= 11 is 5.55. The van der Waals surface area contributed by atoms with Crippen molar-refractivity contribution in [1.82, 2.24) is 20.1 Å². The summed E-state index contributed by atoms with van der Waals surface area (Å²) in [4.78, 5) is 32.3. The number of hydrogen-bond acceptors (Lipinski definition) is 5. The maximum atomic E-state index is 12.5. The normalized spacial score (nSPS) is 16.3. The van der Waals surface area contributed by atoms with Crippen molar-refractivity contribution in [2.75, 3.05) is 27.2 Å². The Morgan fingerprint density at radius 1 is 1.19 bits per heavy atom. The first kappa shape index (κ1) is 30.4. The average Bonchev–Trinajstić information content (AvgIpc) is 2.83. The number of amides is 1. The molecule has 0 bridgehead atoms. The molecule has 7 nitrogen and oxygen atoms in total. The van der Waals surface area contributed by atoms with E-state index in [9.17, 15) is 9.59 Å². The Kier molecular flexibility index (Phi) is 12.1. The van der Waals surface area contributed by atoms with Crippen LogP contribution in [0.1, 0.15) is 50.7 Å². The minimum atomic E-state index is -0.909. The Morgan fingerprint density at radius 2 is 1.86 bits per heavy atom. The maximum Gasteiger partial charge on any atom is 0.305 e. The van der Waals surface area contributed by atoms with Crippen LogP contribution in [0, 0.1) is 19.8 Å². The standard InChI is InChI=1S/C16H29N3O3S.C13H13N/c1-11(2)9-13(16(22)17-7-5-15(20)21)19-8-6-12(18(3)4)10-14(19)23;1-10-5-3-6-11(2)13(10)12-7-4-8-14-9-12/h11-13H,5-10H2,1-4H3,(H,17,22)(H,20,21);3-9H,1-2H3. The number of rotatable bonds is 9. The van der Waals surface area contributed by atoms with E-state index in [4.69, 9.17) is 17.3 Å². The molecule has 2 atom stereocenters. The molecule has 0 saturated carbocycles. The quantitative estimate of drug-likeness (QED) is 0.458. The van der Waals surface area contributed by atoms with Crippen molar-refractivity contribution >= 4 is 29.1 Å². The molecule has 3 rings (SSSR count). The number of pyridine rings is 1. The zero-order valence-electron chi connectivity index (χ0n) is 23.0. The highest BCUT2D eigenvalue weighted by atomic mass is 32.1. The molecule has 0 aliphatic carbocycles. The molecule has 2 heterocycles. The number of benzene rings is 1. The van der Waals surface area contributed by atoms with E-state index in [0.29, 0.717) is 18.4 Å². The van der Waals surface area contributed by atoms with Crippen molar-refractivity contribution < 1.29 is 14.7 Å². The Labute approximate surface area is 227 Å². The number of carbonyl (C=O) groups excluding carboxylic acids is 1. The summed E-state index contributed by atoms with van der Waals surface area (Å²) in [5.41, 5.74) is 5.11. The van der Waals surface area contributed by atoms with Crippen LogP contribution >= 0.6 is 12.2 Å². The third kappa shape index (κ3) is 9.52. The number of nitrogens with zero attached hydrogens (tertiary/aromatic N) is 3. The van der Waals surface area contributed by atoms with Gasteiger partial charge in [-0.3, -0.25) is 14.6 Å². The lowest BCUT2D eigenvalue weighted by molar-refractivity contribution is -0.137. The molecular weight excluding hydrogens is 484 g/mol. The van der Waals surface area contributed by atoms with Crippen molar-refractivity contribution in [3.8, 4) is 11.1 Å². The number of carboxylic acids is 1. The first-order valence-corrected chi connectivity index (χ1v) is 13.3. The maximum absolute atomic E-state index is 12.5. The molecule has 1 aliphatic rings. The molecule has 0 spiro atoms. The zero-order chi connectivity index (χ0) is 27.5. The van der Waals surface area contributed by atoms with Gasteiger partial charge in [0.1, 0.15) is 6.04 Å². The first-order valence-electron chi connectivity index (χ1n) is 12.9. The molecule has 202 valence electrons. The number of likely N-dealkylation sites (tertiary alicyclic amines) is 1. The number of piperidine rings is 1. The van der Waals surface area contributed by atoms with Crippen molar-refractivity contribution in [2.24, 2.45) is 5.92 Å². The van der Waals surface area contributed by atoms with E-state index in [0.717, 1.165) is 24.4 Å². The highest BCUT2D eigenvalue weighted by Crippen LogP contribution is 2.26. The lowest BCUT2D eigenvalue weighted by Gasteiger charge is -2.41. The highest BCUT2D eigenvalue weighted by molar-refractivity contribution is 7.80. The lowest BCUT2D eigenvalue weighted by Crippen LogP contribution is -2.54. The molecule has 1 fully saturated rings. The number of nitrogens with one attached hydrogen (secondary N) is 1. The van der Waals surface area contributed by atoms with Crippen LogP contribution in [0.2, 0.25) is 0 Å². The summed E-state index contributed by atoms with van der Waals surface area (Å²) in [5.74, 6) is -0.668. The molecule has 2 N–H and O–H groups in total. The van der Waals surface area contributed by atoms with E-state index in [1.807, 2.05) is 31.3 Å². The molecule has 1 amide bonds. The van der Waals surface area contributed by atoms with E-state index in [-0.39, 0.29) is 24.9 Å². The lowest BCUT2D eigenvalue weighted by atomic mass is 9.97. The fourth-order valence-electron chi connectivity index (χ4n) is 4.62. The first-order chi connectivity index (χ1) is 17.5. The summed E-state index contributed by atoms with van der Waals surface area (Å²) < 4.78 is 0. The number of carboxylic acid groups (broad SMARTS) is 1. The Morgan fingerprint density at radius 3 is 2.38 bits per heavy atom. The van der Waals surface area contributed by atoms with Gasteiger partial charge < -0.3 is 20.2 Å². The van der Waals surface area contributed by atoms with E-state index in [1.165, 1.54) is 22.3 Å². The zero-order valence-corrected chi connectivity index (χ0v) is 23.8. The van der Waals surface area contributed by atoms with Crippen molar-refractivity contribution in [1.29, 1.82) is 0 Å². The number of carbonyl (C=O) groups is 2. The second-order valence-corrected chi connectivity index (χ2v) is 10.8. The Hall–Kier alpha value is -2.84. The van der Waals surface area contributed by atoms with E-state index in [2.05, 4.69) is 67.2 Å². The number of hydrogen-bond donors (Lipinski definition) is 2. The van der Waals surface area contributed by atoms with Crippen LogP contribution in [0.4, 0.5) is 0 Å². The molecular formula is C29H42N4O3S. The second kappa shape index (κ2) is 14.8. The molecule has 2 unspecified atom stereocenters. The minimum Gasteiger partial charge on any atom is -0.481 e. The topological polar surface area (TPSA) is 85.8 Å². The Balaban J connectivity index is 0.000000291. The number of thiocarbonyl (C=S) groups is 1. The third-order valence-electron chi connectivity index (χ3n) is 6.61. The Bertz CT molecular complexity index is 1020. The van der Waals surface area contributed by atoms with Gasteiger partial charge in [0.15, 0.2) is 0 Å². The van der Waals surface area contributed by atoms with Gasteiger partial charge in [0, 0.05) is 43.5 Å². The average molecular weight is 527 g/mol. The van der Waals surface area contributed by atoms with Gasteiger partial charge in [-0.2, -0.15) is 0 Å². The largest absolute Gasteiger partial charge is 0.481 e. The van der Waals surface area contributed by atoms with E-state index < -0.39 is 5.97 Å². The van der Waals surface area contributed by atoms with E-state index in [1.54, 1.807) is 6.20 Å². The fourth-order valence-corrected chi connectivity index (χ4v) is 5.03. The molecule has 1 aromatic carbocycles. The monoisotopic (exact) mass is 526 g/mol. The number of aryl methyl sites for hydroxylation is 2. The second-order valence-electron chi connectivity index (χ2n) is 10.3. The van der Waals surface area contributed by atoms with Crippen LogP contribution in [-0.4, -0.2) is 76.0 Å². The summed E-state index contributed by atoms with van der Waals surface area (Å²) in [6.07, 6.45) is 6.13. The highest BCUT2D eigenvalue weighted by Gasteiger charge is 2.33. The van der Waals surface area contributed by atoms with Gasteiger partial charge in [0.2, 0.25) is 5.91 Å². The van der Waals surface area contributed by atoms with Gasteiger partial charge in [-0.25, -0.2) is 0 Å². The van der Waals surface area contributed by atoms with Gasteiger partial charge in [-0.1, -0.05) is 50.3 Å². The van der Waals surface area contributed by atoms with Gasteiger partial charge >= 0.3 is 5.97 Å². The molecule has 1 aromatic heterocycles. The van der Waals surface area contributed by atoms with Crippen molar-refractivity contribution in [3.05, 3.63) is 53.9 Å².